The lowest BCUT2D eigenvalue weighted by atomic mass is 9.98. The number of carbonyl (C=O) groups is 3. The van der Waals surface area contributed by atoms with E-state index < -0.39 is 24.1 Å². The maximum Gasteiger partial charge on any atom is 0.338 e. The van der Waals surface area contributed by atoms with Crippen LogP contribution in [-0.4, -0.2) is 92.3 Å². The molecule has 43 heavy (non-hydrogen) atoms. The highest BCUT2D eigenvalue weighted by Gasteiger charge is 2.39. The third-order valence-electron chi connectivity index (χ3n) is 8.41. The molecule has 0 spiro atoms. The Hall–Kier alpha value is -3.82. The maximum absolute atomic E-state index is 13.5. The molecular weight excluding hydrogens is 568 g/mol. The summed E-state index contributed by atoms with van der Waals surface area (Å²) in [5.74, 6) is -1.06. The van der Waals surface area contributed by atoms with Gasteiger partial charge in [-0.2, -0.15) is 0 Å². The smallest absolute Gasteiger partial charge is 0.338 e. The lowest BCUT2D eigenvalue weighted by Crippen LogP contribution is -2.62. The van der Waals surface area contributed by atoms with Gasteiger partial charge in [0.2, 0.25) is 0 Å². The lowest BCUT2D eigenvalue weighted by Gasteiger charge is -2.46. The monoisotopic (exact) mass is 606 g/mol. The van der Waals surface area contributed by atoms with Crippen molar-refractivity contribution in [1.29, 1.82) is 0 Å². The number of halogens is 1. The van der Waals surface area contributed by atoms with Gasteiger partial charge in [0.15, 0.2) is 0 Å². The molecule has 2 aliphatic rings. The van der Waals surface area contributed by atoms with Crippen LogP contribution in [0.3, 0.4) is 0 Å². The van der Waals surface area contributed by atoms with Crippen molar-refractivity contribution in [2.45, 2.75) is 38.5 Å². The molecule has 2 heterocycles. The van der Waals surface area contributed by atoms with E-state index in [2.05, 4.69) is 21.2 Å². The number of esters is 2. The molecule has 9 nitrogen and oxygen atoms in total. The molecule has 1 N–H and O–H groups in total. The van der Waals surface area contributed by atoms with E-state index in [1.807, 2.05) is 68.4 Å². The Kier molecular flexibility index (Phi) is 9.72. The first-order chi connectivity index (χ1) is 20.7. The average Bonchev–Trinajstić information content (AvgIpc) is 3.02. The van der Waals surface area contributed by atoms with Gasteiger partial charge in [-0.15, -0.1) is 0 Å². The van der Waals surface area contributed by atoms with E-state index in [1.165, 1.54) is 7.11 Å². The fraction of sp³-hybridized carbons (Fsp3) is 0.424. The van der Waals surface area contributed by atoms with Crippen LogP contribution in [0, 0.1) is 5.92 Å². The van der Waals surface area contributed by atoms with Crippen molar-refractivity contribution in [2.75, 3.05) is 51.3 Å². The number of fused-ring (bicyclic) bond motifs is 1. The van der Waals surface area contributed by atoms with Gasteiger partial charge in [-0.25, -0.2) is 14.4 Å². The van der Waals surface area contributed by atoms with Gasteiger partial charge < -0.3 is 24.6 Å². The van der Waals surface area contributed by atoms with Crippen molar-refractivity contribution in [3.63, 3.8) is 0 Å². The number of ether oxygens (including phenoxy) is 2. The van der Waals surface area contributed by atoms with Crippen molar-refractivity contribution in [3.05, 3.63) is 77.3 Å². The molecule has 3 aromatic carbocycles. The number of likely N-dealkylation sites (tertiary alicyclic amines) is 1. The number of piperazine rings is 1. The van der Waals surface area contributed by atoms with Gasteiger partial charge in [0, 0.05) is 43.4 Å². The Morgan fingerprint density at radius 1 is 0.907 bits per heavy atom. The van der Waals surface area contributed by atoms with Crippen LogP contribution in [0.5, 0.6) is 0 Å². The molecule has 0 saturated carbocycles. The summed E-state index contributed by atoms with van der Waals surface area (Å²) in [4.78, 5) is 45.4. The van der Waals surface area contributed by atoms with E-state index in [4.69, 9.17) is 21.1 Å². The second-order valence-corrected chi connectivity index (χ2v) is 11.9. The van der Waals surface area contributed by atoms with Crippen LogP contribution < -0.4 is 10.2 Å². The fourth-order valence-corrected chi connectivity index (χ4v) is 6.16. The molecule has 3 atom stereocenters. The first-order valence-electron chi connectivity index (χ1n) is 14.8. The van der Waals surface area contributed by atoms with Crippen LogP contribution in [0.25, 0.3) is 10.8 Å². The van der Waals surface area contributed by atoms with E-state index >= 15 is 0 Å². The van der Waals surface area contributed by atoms with Gasteiger partial charge in [-0.05, 0) is 53.4 Å². The Morgan fingerprint density at radius 2 is 1.65 bits per heavy atom. The highest BCUT2D eigenvalue weighted by Crippen LogP contribution is 2.26. The summed E-state index contributed by atoms with van der Waals surface area (Å²) in [5.41, 5.74) is 1.55. The van der Waals surface area contributed by atoms with Crippen molar-refractivity contribution in [1.82, 2.24) is 15.1 Å². The number of hydrogen-bond acceptors (Lipinski definition) is 7. The zero-order valence-corrected chi connectivity index (χ0v) is 25.6. The third kappa shape index (κ3) is 7.22. The Bertz CT molecular complexity index is 1460. The molecule has 2 saturated heterocycles. The maximum atomic E-state index is 13.5. The second kappa shape index (κ2) is 13.7. The Morgan fingerprint density at radius 3 is 2.35 bits per heavy atom. The summed E-state index contributed by atoms with van der Waals surface area (Å²) < 4.78 is 11.1. The fourth-order valence-electron chi connectivity index (χ4n) is 5.98. The minimum absolute atomic E-state index is 0.0588. The zero-order valence-electron chi connectivity index (χ0n) is 24.9. The Balaban J connectivity index is 1.32. The van der Waals surface area contributed by atoms with Crippen LogP contribution in [0.2, 0.25) is 5.02 Å². The predicted octanol–water partition coefficient (Wildman–Crippen LogP) is 4.82. The number of hydrogen-bond donors (Lipinski definition) is 1. The molecule has 3 aromatic rings. The predicted molar refractivity (Wildman–Crippen MR) is 168 cm³/mol. The normalized spacial score (nSPS) is 20.1. The first kappa shape index (κ1) is 30.6. The highest BCUT2D eigenvalue weighted by molar-refractivity contribution is 6.30. The largest absolute Gasteiger partial charge is 0.467 e. The quantitative estimate of drug-likeness (QED) is 0.386. The number of urea groups is 1. The van der Waals surface area contributed by atoms with Crippen molar-refractivity contribution in [3.8, 4) is 0 Å². The molecule has 0 aromatic heterocycles. The second-order valence-electron chi connectivity index (χ2n) is 11.5. The van der Waals surface area contributed by atoms with Crippen LogP contribution in [0.1, 0.15) is 30.6 Å². The van der Waals surface area contributed by atoms with Gasteiger partial charge in [0.25, 0.3) is 0 Å². The number of carbonyl (C=O) groups excluding carboxylic acids is 3. The number of nitrogens with zero attached hydrogens (tertiary/aromatic N) is 3. The average molecular weight is 607 g/mol. The van der Waals surface area contributed by atoms with Crippen LogP contribution >= 0.6 is 11.6 Å². The SMILES string of the molecule is COC(=O)C(NC(=O)N1CC[C@@H](N2CCN(c3cccc(Cl)c3)CC2)[C@H](OC(=O)c2ccc3ccccc3c2)C1)C(C)C. The number of piperidine rings is 1. The molecule has 2 amide bonds. The van der Waals surface area contributed by atoms with Crippen LogP contribution in [0.4, 0.5) is 10.5 Å². The van der Waals surface area contributed by atoms with Gasteiger partial charge in [-0.1, -0.05) is 61.8 Å². The minimum atomic E-state index is -0.770. The summed E-state index contributed by atoms with van der Waals surface area (Å²) in [7, 11) is 1.31. The number of methoxy groups -OCH3 is 1. The third-order valence-corrected chi connectivity index (χ3v) is 8.65. The minimum Gasteiger partial charge on any atom is -0.467 e. The standard InChI is InChI=1S/C33H39ClN4O5/c1-22(2)30(32(40)42-3)35-33(41)38-14-13-28(37-17-15-36(16-18-37)27-10-6-9-26(34)20-27)29(21-38)43-31(39)25-12-11-23-7-4-5-8-24(23)19-25/h4-12,19-20,22,28-30H,13-18,21H2,1-3H3,(H,35,41)/t28-,29-,30?/m1/s1. The van der Waals surface area contributed by atoms with Gasteiger partial charge in [0.1, 0.15) is 12.1 Å². The van der Waals surface area contributed by atoms with E-state index in [1.54, 1.807) is 11.0 Å². The van der Waals surface area contributed by atoms with Gasteiger partial charge in [-0.3, -0.25) is 4.90 Å². The molecule has 5 rings (SSSR count). The number of nitrogens with one attached hydrogen (secondary N) is 1. The molecule has 228 valence electrons. The number of anilines is 1. The summed E-state index contributed by atoms with van der Waals surface area (Å²) in [5, 5.41) is 5.53. The highest BCUT2D eigenvalue weighted by atomic mass is 35.5. The Labute approximate surface area is 257 Å². The van der Waals surface area contributed by atoms with Gasteiger partial charge >= 0.3 is 18.0 Å². The molecule has 2 fully saturated rings. The van der Waals surface area contributed by atoms with Crippen LogP contribution in [0.15, 0.2) is 66.7 Å². The van der Waals surface area contributed by atoms with Crippen molar-refractivity contribution >= 4 is 46.0 Å². The van der Waals surface area contributed by atoms with E-state index in [9.17, 15) is 14.4 Å². The van der Waals surface area contributed by atoms with E-state index in [0.717, 1.165) is 42.6 Å². The van der Waals surface area contributed by atoms with Crippen LogP contribution in [-0.2, 0) is 14.3 Å². The lowest BCUT2D eigenvalue weighted by molar-refractivity contribution is -0.144. The van der Waals surface area contributed by atoms with E-state index in [0.29, 0.717) is 23.6 Å². The summed E-state index contributed by atoms with van der Waals surface area (Å²) >= 11 is 6.23. The molecule has 0 aliphatic carbocycles. The zero-order chi connectivity index (χ0) is 30.5. The number of rotatable bonds is 7. The van der Waals surface area contributed by atoms with Gasteiger partial charge in [0.05, 0.1) is 25.3 Å². The van der Waals surface area contributed by atoms with E-state index in [-0.39, 0.29) is 24.5 Å². The molecular formula is C33H39ClN4O5. The van der Waals surface area contributed by atoms with Crippen molar-refractivity contribution in [2.24, 2.45) is 5.92 Å². The molecule has 0 radical (unpaired) electrons. The summed E-state index contributed by atoms with van der Waals surface area (Å²) in [6.45, 7) is 7.58. The molecule has 0 bridgehead atoms. The first-order valence-corrected chi connectivity index (χ1v) is 15.2. The topological polar surface area (TPSA) is 91.4 Å². The molecule has 1 unspecified atom stereocenters. The summed E-state index contributed by atoms with van der Waals surface area (Å²) in [6.07, 6.45) is 0.0805. The molecule has 2 aliphatic heterocycles. The van der Waals surface area contributed by atoms with Crippen molar-refractivity contribution < 1.29 is 23.9 Å². The molecule has 10 heteroatoms. The number of benzene rings is 3. The summed E-state index contributed by atoms with van der Waals surface area (Å²) in [6, 6.07) is 20.1. The number of amides is 2.